The van der Waals surface area contributed by atoms with E-state index < -0.39 is 0 Å². The SMILES string of the molecule is Cc1cc(-c2cccc(N(c3ccc(C(C)(C)C)cc3)c3ccc(C(C)(C)C)cc3)c2)ccc1-c1ccc(-c2ccc3sc4c(c3c2)C=CCC4)cc1C. The fourth-order valence-corrected chi connectivity index (χ4v) is 9.10. The van der Waals surface area contributed by atoms with Crippen molar-refractivity contribution >= 4 is 44.6 Å². The highest BCUT2D eigenvalue weighted by Gasteiger charge is 2.20. The maximum absolute atomic E-state index is 2.39. The van der Waals surface area contributed by atoms with Crippen LogP contribution in [0.3, 0.4) is 0 Å². The number of aryl methyl sites for hydroxylation is 3. The number of rotatable bonds is 6. The van der Waals surface area contributed by atoms with Crippen LogP contribution in [-0.2, 0) is 17.3 Å². The molecule has 54 heavy (non-hydrogen) atoms. The zero-order valence-electron chi connectivity index (χ0n) is 33.0. The Labute approximate surface area is 326 Å². The fraction of sp³-hybridized carbons (Fsp3) is 0.231. The molecule has 0 fully saturated rings. The Bertz CT molecular complexity index is 2460. The van der Waals surface area contributed by atoms with Crippen LogP contribution in [0.5, 0.6) is 0 Å². The molecule has 0 atom stereocenters. The van der Waals surface area contributed by atoms with Gasteiger partial charge in [0.1, 0.15) is 0 Å². The van der Waals surface area contributed by atoms with Gasteiger partial charge in [0.15, 0.2) is 0 Å². The molecule has 0 saturated heterocycles. The molecule has 1 aromatic heterocycles. The molecule has 0 N–H and O–H groups in total. The van der Waals surface area contributed by atoms with Crippen LogP contribution in [0.4, 0.5) is 17.1 Å². The Balaban J connectivity index is 1.11. The van der Waals surface area contributed by atoms with Gasteiger partial charge in [-0.25, -0.2) is 0 Å². The van der Waals surface area contributed by atoms with E-state index in [0.29, 0.717) is 0 Å². The average molecular weight is 722 g/mol. The number of hydrogen-bond acceptors (Lipinski definition) is 2. The van der Waals surface area contributed by atoms with Crippen LogP contribution in [0, 0.1) is 13.8 Å². The van der Waals surface area contributed by atoms with Crippen LogP contribution in [0.1, 0.15) is 80.7 Å². The summed E-state index contributed by atoms with van der Waals surface area (Å²) in [7, 11) is 0. The van der Waals surface area contributed by atoms with Crippen molar-refractivity contribution in [1.29, 1.82) is 0 Å². The Morgan fingerprint density at radius 1 is 0.519 bits per heavy atom. The third-order valence-corrected chi connectivity index (χ3v) is 12.4. The average Bonchev–Trinajstić information content (AvgIpc) is 3.53. The Kier molecular flexibility index (Phi) is 9.23. The van der Waals surface area contributed by atoms with Crippen LogP contribution >= 0.6 is 11.3 Å². The van der Waals surface area contributed by atoms with Gasteiger partial charge in [-0.1, -0.05) is 133 Å². The minimum Gasteiger partial charge on any atom is -0.310 e. The lowest BCUT2D eigenvalue weighted by atomic mass is 9.86. The van der Waals surface area contributed by atoms with Crippen molar-refractivity contribution in [3.8, 4) is 33.4 Å². The second kappa shape index (κ2) is 13.9. The normalized spacial score (nSPS) is 13.0. The first-order valence-electron chi connectivity index (χ1n) is 19.4. The van der Waals surface area contributed by atoms with E-state index in [9.17, 15) is 0 Å². The lowest BCUT2D eigenvalue weighted by Crippen LogP contribution is -2.14. The summed E-state index contributed by atoms with van der Waals surface area (Å²) in [4.78, 5) is 3.91. The van der Waals surface area contributed by atoms with Gasteiger partial charge < -0.3 is 4.90 Å². The molecule has 1 heterocycles. The molecule has 0 unspecified atom stereocenters. The maximum Gasteiger partial charge on any atom is 0.0467 e. The van der Waals surface area contributed by atoms with E-state index in [1.54, 1.807) is 0 Å². The quantitative estimate of drug-likeness (QED) is 0.165. The van der Waals surface area contributed by atoms with Crippen molar-refractivity contribution in [3.05, 3.63) is 166 Å². The van der Waals surface area contributed by atoms with E-state index in [1.165, 1.54) is 76.2 Å². The summed E-state index contributed by atoms with van der Waals surface area (Å²) in [5.74, 6) is 0. The molecule has 0 saturated carbocycles. The van der Waals surface area contributed by atoms with E-state index in [-0.39, 0.29) is 10.8 Å². The number of allylic oxidation sites excluding steroid dienone is 1. The molecule has 0 bridgehead atoms. The van der Waals surface area contributed by atoms with E-state index in [1.807, 2.05) is 11.3 Å². The second-order valence-corrected chi connectivity index (χ2v) is 18.3. The summed E-state index contributed by atoms with van der Waals surface area (Å²) in [5.41, 5.74) is 17.9. The smallest absolute Gasteiger partial charge is 0.0467 e. The third kappa shape index (κ3) is 6.96. The minimum absolute atomic E-state index is 0.0960. The lowest BCUT2D eigenvalue weighted by molar-refractivity contribution is 0.590. The summed E-state index contributed by atoms with van der Waals surface area (Å²) in [5, 5.41) is 1.39. The monoisotopic (exact) mass is 721 g/mol. The molecule has 0 aliphatic heterocycles. The van der Waals surface area contributed by atoms with Crippen LogP contribution in [-0.4, -0.2) is 0 Å². The van der Waals surface area contributed by atoms with Gasteiger partial charge in [0.05, 0.1) is 0 Å². The topological polar surface area (TPSA) is 3.24 Å². The highest BCUT2D eigenvalue weighted by Crippen LogP contribution is 2.41. The highest BCUT2D eigenvalue weighted by atomic mass is 32.1. The number of benzene rings is 6. The largest absolute Gasteiger partial charge is 0.310 e. The predicted octanol–water partition coefficient (Wildman–Crippen LogP) is 15.5. The fourth-order valence-electron chi connectivity index (χ4n) is 7.91. The number of fused-ring (bicyclic) bond motifs is 3. The Hall–Kier alpha value is -5.18. The Morgan fingerprint density at radius 2 is 1.04 bits per heavy atom. The first kappa shape index (κ1) is 35.8. The van der Waals surface area contributed by atoms with Gasteiger partial charge in [0, 0.05) is 32.0 Å². The van der Waals surface area contributed by atoms with E-state index >= 15 is 0 Å². The maximum atomic E-state index is 2.39. The predicted molar refractivity (Wildman–Crippen MR) is 237 cm³/mol. The summed E-state index contributed by atoms with van der Waals surface area (Å²) in [6, 6.07) is 48.1. The minimum atomic E-state index is 0.0960. The van der Waals surface area contributed by atoms with Crippen molar-refractivity contribution in [1.82, 2.24) is 0 Å². The molecular formula is C52H51NS. The highest BCUT2D eigenvalue weighted by molar-refractivity contribution is 7.19. The molecule has 1 aliphatic rings. The van der Waals surface area contributed by atoms with E-state index in [0.717, 1.165) is 29.9 Å². The lowest BCUT2D eigenvalue weighted by Gasteiger charge is -2.28. The molecule has 270 valence electrons. The van der Waals surface area contributed by atoms with E-state index in [2.05, 4.69) is 200 Å². The molecule has 0 spiro atoms. The number of hydrogen-bond donors (Lipinski definition) is 0. The van der Waals surface area contributed by atoms with Crippen LogP contribution in [0.2, 0.25) is 0 Å². The molecule has 1 aliphatic carbocycles. The first-order valence-corrected chi connectivity index (χ1v) is 20.2. The summed E-state index contributed by atoms with van der Waals surface area (Å²) in [6.45, 7) is 18.1. The van der Waals surface area contributed by atoms with Crippen molar-refractivity contribution in [3.63, 3.8) is 0 Å². The number of thiophene rings is 1. The second-order valence-electron chi connectivity index (χ2n) is 17.1. The Morgan fingerprint density at radius 3 is 1.57 bits per heavy atom. The van der Waals surface area contributed by atoms with Gasteiger partial charge >= 0.3 is 0 Å². The van der Waals surface area contributed by atoms with Crippen molar-refractivity contribution < 1.29 is 0 Å². The molecule has 6 aromatic carbocycles. The number of anilines is 3. The van der Waals surface area contributed by atoms with Crippen LogP contribution in [0.15, 0.2) is 133 Å². The van der Waals surface area contributed by atoms with Crippen molar-refractivity contribution in [2.24, 2.45) is 0 Å². The summed E-state index contributed by atoms with van der Waals surface area (Å²) in [6.07, 6.45) is 6.96. The zero-order chi connectivity index (χ0) is 37.8. The summed E-state index contributed by atoms with van der Waals surface area (Å²) < 4.78 is 1.39. The molecule has 2 heteroatoms. The molecule has 7 aromatic rings. The molecule has 8 rings (SSSR count). The van der Waals surface area contributed by atoms with Crippen LogP contribution < -0.4 is 4.90 Å². The van der Waals surface area contributed by atoms with Gasteiger partial charge in [-0.2, -0.15) is 0 Å². The zero-order valence-corrected chi connectivity index (χ0v) is 33.9. The van der Waals surface area contributed by atoms with E-state index in [4.69, 9.17) is 0 Å². The van der Waals surface area contributed by atoms with Gasteiger partial charge in [0.25, 0.3) is 0 Å². The van der Waals surface area contributed by atoms with Crippen LogP contribution in [0.25, 0.3) is 49.5 Å². The molecule has 0 amide bonds. The molecular weight excluding hydrogens is 671 g/mol. The third-order valence-electron chi connectivity index (χ3n) is 11.1. The van der Waals surface area contributed by atoms with Crippen molar-refractivity contribution in [2.45, 2.75) is 79.1 Å². The van der Waals surface area contributed by atoms with Gasteiger partial charge in [-0.05, 0) is 147 Å². The van der Waals surface area contributed by atoms with Crippen molar-refractivity contribution in [2.75, 3.05) is 4.90 Å². The van der Waals surface area contributed by atoms with Gasteiger partial charge in [0.2, 0.25) is 0 Å². The number of nitrogens with zero attached hydrogens (tertiary/aromatic N) is 1. The first-order chi connectivity index (χ1) is 25.8. The van der Waals surface area contributed by atoms with Gasteiger partial charge in [-0.3, -0.25) is 0 Å². The molecule has 0 radical (unpaired) electrons. The summed E-state index contributed by atoms with van der Waals surface area (Å²) >= 11 is 1.96. The van der Waals surface area contributed by atoms with Gasteiger partial charge in [-0.15, -0.1) is 11.3 Å². The standard InChI is InChI=1S/C52H51NS/c1-34-30-37(16-27-45(34)46-28-17-38(31-35(46)2)39-18-29-50-48(33-39)47-14-9-10-15-49(47)54-50)36-12-11-13-44(32-36)53(42-23-19-40(20-24-42)51(3,4)5)43-25-21-41(22-26-43)52(6,7)8/h9,11-14,16-33H,10,15H2,1-8H3. The molecule has 1 nitrogen and oxygen atoms in total.